The standard InChI is InChI=1S/C14H19N3O4/c1-4-5-14(18)21-13(9-16-17-15)10-6-7-11(19-2)12(8-10)20-3/h6-8,13H,4-5,9H2,1-3H3/t13-/m1/s1. The Morgan fingerprint density at radius 1 is 1.33 bits per heavy atom. The molecular formula is C14H19N3O4. The highest BCUT2D eigenvalue weighted by molar-refractivity contribution is 5.69. The maximum atomic E-state index is 11.7. The summed E-state index contributed by atoms with van der Waals surface area (Å²) in [6.07, 6.45) is 0.374. The molecule has 0 saturated heterocycles. The second-order valence-electron chi connectivity index (χ2n) is 4.26. The van der Waals surface area contributed by atoms with Crippen LogP contribution in [-0.4, -0.2) is 26.7 Å². The van der Waals surface area contributed by atoms with E-state index >= 15 is 0 Å². The highest BCUT2D eigenvalue weighted by Gasteiger charge is 2.18. The van der Waals surface area contributed by atoms with Crippen LogP contribution in [-0.2, 0) is 9.53 Å². The third-order valence-electron chi connectivity index (χ3n) is 2.82. The fourth-order valence-corrected chi connectivity index (χ4v) is 1.80. The number of hydrogen-bond acceptors (Lipinski definition) is 5. The molecule has 0 unspecified atom stereocenters. The molecule has 1 rings (SSSR count). The van der Waals surface area contributed by atoms with E-state index in [4.69, 9.17) is 19.7 Å². The number of esters is 1. The Kier molecular flexibility index (Phi) is 6.91. The van der Waals surface area contributed by atoms with Gasteiger partial charge < -0.3 is 14.2 Å². The van der Waals surface area contributed by atoms with Crippen LogP contribution in [0.5, 0.6) is 11.5 Å². The lowest BCUT2D eigenvalue weighted by Crippen LogP contribution is -2.13. The molecule has 0 aliphatic rings. The molecule has 0 spiro atoms. The van der Waals surface area contributed by atoms with Gasteiger partial charge in [-0.15, -0.1) is 0 Å². The van der Waals surface area contributed by atoms with Crippen LogP contribution < -0.4 is 9.47 Å². The van der Waals surface area contributed by atoms with Gasteiger partial charge in [-0.25, -0.2) is 0 Å². The lowest BCUT2D eigenvalue weighted by molar-refractivity contribution is -0.149. The summed E-state index contributed by atoms with van der Waals surface area (Å²) in [5.41, 5.74) is 9.14. The zero-order valence-electron chi connectivity index (χ0n) is 12.4. The van der Waals surface area contributed by atoms with Crippen molar-refractivity contribution in [1.29, 1.82) is 0 Å². The monoisotopic (exact) mass is 293 g/mol. The summed E-state index contributed by atoms with van der Waals surface area (Å²) in [6.45, 7) is 1.92. The smallest absolute Gasteiger partial charge is 0.306 e. The number of azide groups is 1. The molecule has 1 aromatic rings. The second kappa shape index (κ2) is 8.71. The van der Waals surface area contributed by atoms with Gasteiger partial charge in [-0.2, -0.15) is 0 Å². The van der Waals surface area contributed by atoms with Crippen LogP contribution in [0.15, 0.2) is 23.3 Å². The molecular weight excluding hydrogens is 274 g/mol. The van der Waals surface area contributed by atoms with Crippen molar-refractivity contribution in [2.24, 2.45) is 5.11 Å². The van der Waals surface area contributed by atoms with Crippen LogP contribution in [0, 0.1) is 0 Å². The number of benzene rings is 1. The van der Waals surface area contributed by atoms with E-state index in [1.165, 1.54) is 14.2 Å². The van der Waals surface area contributed by atoms with E-state index < -0.39 is 6.10 Å². The van der Waals surface area contributed by atoms with Crippen molar-refractivity contribution < 1.29 is 19.0 Å². The minimum atomic E-state index is -0.639. The van der Waals surface area contributed by atoms with Crippen molar-refractivity contribution in [3.05, 3.63) is 34.2 Å². The van der Waals surface area contributed by atoms with Crippen LogP contribution in [0.25, 0.3) is 10.4 Å². The summed E-state index contributed by atoms with van der Waals surface area (Å²) in [5, 5.41) is 3.49. The molecule has 0 amide bonds. The lowest BCUT2D eigenvalue weighted by Gasteiger charge is -2.18. The molecule has 7 nitrogen and oxygen atoms in total. The fraction of sp³-hybridized carbons (Fsp3) is 0.500. The molecule has 1 atom stereocenters. The zero-order chi connectivity index (χ0) is 15.7. The number of carbonyl (C=O) groups is 1. The summed E-state index contributed by atoms with van der Waals surface area (Å²) in [4.78, 5) is 14.4. The molecule has 0 saturated carbocycles. The number of carbonyl (C=O) groups excluding carboxylic acids is 1. The van der Waals surface area contributed by atoms with E-state index in [-0.39, 0.29) is 12.5 Å². The molecule has 21 heavy (non-hydrogen) atoms. The van der Waals surface area contributed by atoms with Gasteiger partial charge in [0.15, 0.2) is 11.5 Å². The summed E-state index contributed by atoms with van der Waals surface area (Å²) < 4.78 is 15.7. The average molecular weight is 293 g/mol. The molecule has 7 heteroatoms. The first-order valence-electron chi connectivity index (χ1n) is 6.58. The van der Waals surface area contributed by atoms with Gasteiger partial charge in [-0.1, -0.05) is 18.1 Å². The first kappa shape index (κ1) is 16.7. The van der Waals surface area contributed by atoms with Gasteiger partial charge in [0.1, 0.15) is 6.10 Å². The highest BCUT2D eigenvalue weighted by atomic mass is 16.5. The Labute approximate surface area is 123 Å². The summed E-state index contributed by atoms with van der Waals surface area (Å²) in [7, 11) is 3.06. The van der Waals surface area contributed by atoms with E-state index in [1.807, 2.05) is 6.92 Å². The number of hydrogen-bond donors (Lipinski definition) is 0. The number of methoxy groups -OCH3 is 2. The topological polar surface area (TPSA) is 93.5 Å². The van der Waals surface area contributed by atoms with E-state index in [9.17, 15) is 4.79 Å². The number of ether oxygens (including phenoxy) is 3. The molecule has 0 bridgehead atoms. The Morgan fingerprint density at radius 2 is 2.05 bits per heavy atom. The Balaban J connectivity index is 3.01. The lowest BCUT2D eigenvalue weighted by atomic mass is 10.1. The van der Waals surface area contributed by atoms with E-state index in [1.54, 1.807) is 18.2 Å². The van der Waals surface area contributed by atoms with Crippen LogP contribution in [0.3, 0.4) is 0 Å². The van der Waals surface area contributed by atoms with Crippen LogP contribution in [0.1, 0.15) is 31.4 Å². The SMILES string of the molecule is CCCC(=O)O[C@H](CN=[N+]=[N-])c1ccc(OC)c(OC)c1. The Morgan fingerprint density at radius 3 is 2.62 bits per heavy atom. The molecule has 0 aliphatic heterocycles. The minimum absolute atomic E-state index is 0.0292. The quantitative estimate of drug-likeness (QED) is 0.318. The van der Waals surface area contributed by atoms with Gasteiger partial charge >= 0.3 is 5.97 Å². The molecule has 1 aromatic carbocycles. The summed E-state index contributed by atoms with van der Waals surface area (Å²) >= 11 is 0. The number of nitrogens with zero attached hydrogens (tertiary/aromatic N) is 3. The summed E-state index contributed by atoms with van der Waals surface area (Å²) in [5.74, 6) is 0.765. The molecule has 0 heterocycles. The summed E-state index contributed by atoms with van der Waals surface area (Å²) in [6, 6.07) is 5.17. The fourth-order valence-electron chi connectivity index (χ4n) is 1.80. The average Bonchev–Trinajstić information content (AvgIpc) is 2.50. The largest absolute Gasteiger partial charge is 0.493 e. The first-order chi connectivity index (χ1) is 10.2. The molecule has 0 aromatic heterocycles. The van der Waals surface area contributed by atoms with Crippen molar-refractivity contribution in [2.45, 2.75) is 25.9 Å². The number of rotatable bonds is 8. The van der Waals surface area contributed by atoms with Gasteiger partial charge in [0.2, 0.25) is 0 Å². The second-order valence-corrected chi connectivity index (χ2v) is 4.26. The third kappa shape index (κ3) is 4.89. The van der Waals surface area contributed by atoms with Gasteiger partial charge in [-0.05, 0) is 29.6 Å². The maximum Gasteiger partial charge on any atom is 0.306 e. The predicted octanol–water partition coefficient (Wildman–Crippen LogP) is 3.40. The molecule has 0 fully saturated rings. The van der Waals surface area contributed by atoms with E-state index in [0.29, 0.717) is 29.9 Å². The van der Waals surface area contributed by atoms with Gasteiger partial charge in [0.25, 0.3) is 0 Å². The van der Waals surface area contributed by atoms with Crippen molar-refractivity contribution in [3.8, 4) is 11.5 Å². The highest BCUT2D eigenvalue weighted by Crippen LogP contribution is 2.31. The van der Waals surface area contributed by atoms with Crippen LogP contribution in [0.2, 0.25) is 0 Å². The van der Waals surface area contributed by atoms with E-state index in [0.717, 1.165) is 0 Å². The molecule has 0 N–H and O–H groups in total. The maximum absolute atomic E-state index is 11.7. The molecule has 0 aliphatic carbocycles. The van der Waals surface area contributed by atoms with Crippen molar-refractivity contribution >= 4 is 5.97 Å². The van der Waals surface area contributed by atoms with Gasteiger partial charge in [0, 0.05) is 11.3 Å². The normalized spacial score (nSPS) is 11.2. The molecule has 114 valence electrons. The van der Waals surface area contributed by atoms with Gasteiger partial charge in [0.05, 0.1) is 20.8 Å². The van der Waals surface area contributed by atoms with Gasteiger partial charge in [-0.3, -0.25) is 4.79 Å². The molecule has 0 radical (unpaired) electrons. The predicted molar refractivity (Wildman–Crippen MR) is 77.3 cm³/mol. The first-order valence-corrected chi connectivity index (χ1v) is 6.58. The Hall–Kier alpha value is -2.40. The third-order valence-corrected chi connectivity index (χ3v) is 2.82. The Bertz CT molecular complexity index is 527. The van der Waals surface area contributed by atoms with Crippen molar-refractivity contribution in [2.75, 3.05) is 20.8 Å². The zero-order valence-corrected chi connectivity index (χ0v) is 12.4. The van der Waals surface area contributed by atoms with Crippen molar-refractivity contribution in [1.82, 2.24) is 0 Å². The minimum Gasteiger partial charge on any atom is -0.493 e. The van der Waals surface area contributed by atoms with Crippen molar-refractivity contribution in [3.63, 3.8) is 0 Å². The van der Waals surface area contributed by atoms with E-state index in [2.05, 4.69) is 10.0 Å². The van der Waals surface area contributed by atoms with Crippen LogP contribution in [0.4, 0.5) is 0 Å². The van der Waals surface area contributed by atoms with Crippen LogP contribution >= 0.6 is 0 Å².